The molecule has 2 nitrogen and oxygen atoms in total. The first-order valence-corrected chi connectivity index (χ1v) is 7.85. The Morgan fingerprint density at radius 3 is 2.95 bits per heavy atom. The lowest BCUT2D eigenvalue weighted by molar-refractivity contribution is 0.348. The number of nitrogens with two attached hydrogens (primary N) is 1. The minimum absolute atomic E-state index is 0.272. The molecule has 0 amide bonds. The molecule has 0 bridgehead atoms. The van der Waals surface area contributed by atoms with E-state index in [9.17, 15) is 0 Å². The number of pyridine rings is 1. The molecular weight excluding hydrogens is 312 g/mol. The van der Waals surface area contributed by atoms with E-state index in [2.05, 4.69) is 58.2 Å². The topological polar surface area (TPSA) is 38.9 Å². The van der Waals surface area contributed by atoms with Crippen LogP contribution >= 0.6 is 15.9 Å². The summed E-state index contributed by atoms with van der Waals surface area (Å²) in [7, 11) is 0. The van der Waals surface area contributed by atoms with Crippen LogP contribution in [0.3, 0.4) is 0 Å². The van der Waals surface area contributed by atoms with Gasteiger partial charge in [-0.25, -0.2) is 0 Å². The smallest absolute Gasteiger partial charge is 0.0454 e. The van der Waals surface area contributed by atoms with E-state index in [1.807, 2.05) is 12.4 Å². The van der Waals surface area contributed by atoms with Gasteiger partial charge in [0, 0.05) is 22.4 Å². The molecule has 0 radical (unpaired) electrons. The van der Waals surface area contributed by atoms with E-state index in [1.54, 1.807) is 0 Å². The Morgan fingerprint density at radius 2 is 2.15 bits per heavy atom. The molecule has 0 fully saturated rings. The van der Waals surface area contributed by atoms with Crippen LogP contribution in [0.25, 0.3) is 0 Å². The van der Waals surface area contributed by atoms with Gasteiger partial charge >= 0.3 is 0 Å². The zero-order valence-corrected chi connectivity index (χ0v) is 13.2. The van der Waals surface area contributed by atoms with Gasteiger partial charge < -0.3 is 5.73 Å². The van der Waals surface area contributed by atoms with E-state index in [0.717, 1.165) is 23.7 Å². The van der Waals surface area contributed by atoms with Gasteiger partial charge in [0.05, 0.1) is 0 Å². The van der Waals surface area contributed by atoms with Crippen molar-refractivity contribution in [3.63, 3.8) is 0 Å². The van der Waals surface area contributed by atoms with Crippen molar-refractivity contribution in [2.24, 2.45) is 5.73 Å². The van der Waals surface area contributed by atoms with Crippen molar-refractivity contribution in [1.82, 2.24) is 4.98 Å². The molecule has 0 spiro atoms. The maximum absolute atomic E-state index is 6.77. The van der Waals surface area contributed by atoms with E-state index in [0.29, 0.717) is 5.92 Å². The van der Waals surface area contributed by atoms with Crippen LogP contribution in [0, 0.1) is 0 Å². The van der Waals surface area contributed by atoms with Gasteiger partial charge in [0.1, 0.15) is 0 Å². The van der Waals surface area contributed by atoms with Crippen LogP contribution in [0.15, 0.2) is 47.2 Å². The highest BCUT2D eigenvalue weighted by atomic mass is 79.9. The minimum atomic E-state index is -0.272. The summed E-state index contributed by atoms with van der Waals surface area (Å²) in [5, 5.41) is 0. The summed E-state index contributed by atoms with van der Waals surface area (Å²) in [5.74, 6) is 0.600. The fourth-order valence-electron chi connectivity index (χ4n) is 3.24. The second-order valence-corrected chi connectivity index (χ2v) is 6.79. The Labute approximate surface area is 128 Å². The standard InChI is InChI=1S/C17H19BrN2/c1-12-6-7-17(19,16-5-3-2-4-15(12)16)9-13-8-14(18)11-20-10-13/h2-5,8,10-12H,6-7,9,19H2,1H3. The van der Waals surface area contributed by atoms with Crippen LogP contribution in [0.2, 0.25) is 0 Å². The van der Waals surface area contributed by atoms with Gasteiger partial charge in [0.2, 0.25) is 0 Å². The highest BCUT2D eigenvalue weighted by Crippen LogP contribution is 2.41. The molecule has 104 valence electrons. The van der Waals surface area contributed by atoms with Gasteiger partial charge in [-0.1, -0.05) is 31.2 Å². The third kappa shape index (κ3) is 2.52. The van der Waals surface area contributed by atoms with Crippen molar-refractivity contribution >= 4 is 15.9 Å². The van der Waals surface area contributed by atoms with Gasteiger partial charge in [-0.3, -0.25) is 4.98 Å². The molecular formula is C17H19BrN2. The van der Waals surface area contributed by atoms with Crippen molar-refractivity contribution in [1.29, 1.82) is 0 Å². The maximum atomic E-state index is 6.77. The molecule has 20 heavy (non-hydrogen) atoms. The summed E-state index contributed by atoms with van der Waals surface area (Å²) in [5.41, 5.74) is 10.4. The first-order valence-electron chi connectivity index (χ1n) is 7.06. The summed E-state index contributed by atoms with van der Waals surface area (Å²) >= 11 is 3.48. The number of fused-ring (bicyclic) bond motifs is 1. The maximum Gasteiger partial charge on any atom is 0.0454 e. The second-order valence-electron chi connectivity index (χ2n) is 5.87. The van der Waals surface area contributed by atoms with Gasteiger partial charge in [0.25, 0.3) is 0 Å². The Kier molecular flexibility index (Phi) is 3.65. The largest absolute Gasteiger partial charge is 0.321 e. The van der Waals surface area contributed by atoms with Crippen molar-refractivity contribution in [3.05, 3.63) is 63.9 Å². The first kappa shape index (κ1) is 13.8. The molecule has 3 heteroatoms. The van der Waals surface area contributed by atoms with Crippen LogP contribution < -0.4 is 5.73 Å². The molecule has 2 N–H and O–H groups in total. The lowest BCUT2D eigenvalue weighted by atomic mass is 9.70. The summed E-state index contributed by atoms with van der Waals surface area (Å²) < 4.78 is 1.01. The monoisotopic (exact) mass is 330 g/mol. The highest BCUT2D eigenvalue weighted by Gasteiger charge is 2.35. The van der Waals surface area contributed by atoms with Crippen LogP contribution in [0.4, 0.5) is 0 Å². The zero-order chi connectivity index (χ0) is 14.2. The van der Waals surface area contributed by atoms with Crippen molar-refractivity contribution in [2.45, 2.75) is 37.6 Å². The molecule has 1 heterocycles. The van der Waals surface area contributed by atoms with Crippen molar-refractivity contribution in [3.8, 4) is 0 Å². The molecule has 2 atom stereocenters. The van der Waals surface area contributed by atoms with Crippen molar-refractivity contribution in [2.75, 3.05) is 0 Å². The number of hydrogen-bond donors (Lipinski definition) is 1. The van der Waals surface area contributed by atoms with Gasteiger partial charge in [-0.2, -0.15) is 0 Å². The predicted octanol–water partition coefficient (Wildman–Crippen LogP) is 4.14. The Hall–Kier alpha value is -1.19. The summed E-state index contributed by atoms with van der Waals surface area (Å²) in [6.07, 6.45) is 6.74. The van der Waals surface area contributed by atoms with Gasteiger partial charge in [-0.15, -0.1) is 0 Å². The zero-order valence-electron chi connectivity index (χ0n) is 11.6. The molecule has 0 aliphatic heterocycles. The number of benzene rings is 1. The first-order chi connectivity index (χ1) is 9.58. The SMILES string of the molecule is CC1CCC(N)(Cc2cncc(Br)c2)c2ccccc21. The summed E-state index contributed by atoms with van der Waals surface area (Å²) in [4.78, 5) is 4.25. The minimum Gasteiger partial charge on any atom is -0.321 e. The van der Waals surface area contributed by atoms with Crippen LogP contribution in [-0.4, -0.2) is 4.98 Å². The number of nitrogens with zero attached hydrogens (tertiary/aromatic N) is 1. The number of aromatic nitrogens is 1. The fraction of sp³-hybridized carbons (Fsp3) is 0.353. The summed E-state index contributed by atoms with van der Waals surface area (Å²) in [6.45, 7) is 2.29. The number of halogens is 1. The molecule has 1 aliphatic carbocycles. The van der Waals surface area contributed by atoms with Gasteiger partial charge in [-0.05, 0) is 63.9 Å². The normalized spacial score (nSPS) is 25.2. The average molecular weight is 331 g/mol. The second kappa shape index (κ2) is 5.30. The van der Waals surface area contributed by atoms with E-state index >= 15 is 0 Å². The van der Waals surface area contributed by atoms with E-state index < -0.39 is 0 Å². The summed E-state index contributed by atoms with van der Waals surface area (Å²) in [6, 6.07) is 10.7. The number of rotatable bonds is 2. The van der Waals surface area contributed by atoms with Crippen LogP contribution in [0.5, 0.6) is 0 Å². The van der Waals surface area contributed by atoms with Gasteiger partial charge in [0.15, 0.2) is 0 Å². The lowest BCUT2D eigenvalue weighted by Crippen LogP contribution is -2.42. The molecule has 2 aromatic rings. The molecule has 0 saturated heterocycles. The molecule has 2 unspecified atom stereocenters. The fourth-order valence-corrected chi connectivity index (χ4v) is 3.66. The molecule has 1 aromatic heterocycles. The third-order valence-corrected chi connectivity index (χ3v) is 4.77. The van der Waals surface area contributed by atoms with Crippen molar-refractivity contribution < 1.29 is 0 Å². The third-order valence-electron chi connectivity index (χ3n) is 4.33. The highest BCUT2D eigenvalue weighted by molar-refractivity contribution is 9.10. The number of hydrogen-bond acceptors (Lipinski definition) is 2. The molecule has 0 saturated carbocycles. The van der Waals surface area contributed by atoms with E-state index in [-0.39, 0.29) is 5.54 Å². The Bertz CT molecular complexity index is 626. The Morgan fingerprint density at radius 1 is 1.35 bits per heavy atom. The molecule has 3 rings (SSSR count). The van der Waals surface area contributed by atoms with Crippen LogP contribution in [-0.2, 0) is 12.0 Å². The average Bonchev–Trinajstić information content (AvgIpc) is 2.44. The quantitative estimate of drug-likeness (QED) is 0.898. The van der Waals surface area contributed by atoms with E-state index in [1.165, 1.54) is 16.7 Å². The predicted molar refractivity (Wildman–Crippen MR) is 85.6 cm³/mol. The van der Waals surface area contributed by atoms with Crippen LogP contribution in [0.1, 0.15) is 42.4 Å². The lowest BCUT2D eigenvalue weighted by Gasteiger charge is -2.38. The van der Waals surface area contributed by atoms with E-state index in [4.69, 9.17) is 5.73 Å². The molecule has 1 aromatic carbocycles. The molecule has 1 aliphatic rings. The Balaban J connectivity index is 1.98.